The zero-order chi connectivity index (χ0) is 23.4. The van der Waals surface area contributed by atoms with Crippen molar-refractivity contribution < 1.29 is 19.1 Å². The lowest BCUT2D eigenvalue weighted by Crippen LogP contribution is -2.49. The molecule has 3 aromatic rings. The molecule has 0 spiro atoms. The molecular formula is C23H24N6O4. The van der Waals surface area contributed by atoms with E-state index < -0.39 is 17.9 Å². The number of aromatic amines is 1. The lowest BCUT2D eigenvalue weighted by Gasteiger charge is -2.20. The minimum absolute atomic E-state index is 0.0379. The van der Waals surface area contributed by atoms with Crippen LogP contribution in [0.2, 0.25) is 0 Å². The second-order valence-electron chi connectivity index (χ2n) is 7.77. The summed E-state index contributed by atoms with van der Waals surface area (Å²) < 4.78 is 5.79. The van der Waals surface area contributed by atoms with Gasteiger partial charge in [0.2, 0.25) is 11.7 Å². The lowest BCUT2D eigenvalue weighted by molar-refractivity contribution is -0.120. The number of hydrogen-bond acceptors (Lipinski definition) is 6. The number of likely N-dealkylation sites (N-methyl/N-ethyl adjacent to an activating group) is 1. The van der Waals surface area contributed by atoms with Crippen molar-refractivity contribution in [1.29, 1.82) is 0 Å². The van der Waals surface area contributed by atoms with E-state index in [4.69, 9.17) is 10.5 Å². The summed E-state index contributed by atoms with van der Waals surface area (Å²) >= 11 is 0. The molecule has 4 rings (SSSR count). The summed E-state index contributed by atoms with van der Waals surface area (Å²) in [6, 6.07) is 14.1. The number of H-pyrrole nitrogens is 1. The molecule has 1 aliphatic heterocycles. The first-order chi connectivity index (χ1) is 15.9. The maximum atomic E-state index is 13.0. The number of nitrogens with zero attached hydrogens (tertiary/aromatic N) is 3. The molecule has 0 bridgehead atoms. The van der Waals surface area contributed by atoms with Crippen LogP contribution < -0.4 is 20.7 Å². The van der Waals surface area contributed by atoms with Crippen LogP contribution in [0.1, 0.15) is 34.0 Å². The number of carbonyl (C=O) groups excluding carboxylic acids is 3. The smallest absolute Gasteiger partial charge is 0.291 e. The van der Waals surface area contributed by atoms with E-state index in [0.29, 0.717) is 30.1 Å². The second kappa shape index (κ2) is 9.51. The molecule has 1 aliphatic rings. The Hall–Kier alpha value is -4.21. The second-order valence-corrected chi connectivity index (χ2v) is 7.77. The van der Waals surface area contributed by atoms with E-state index in [1.165, 1.54) is 4.90 Å². The Bertz CT molecular complexity index is 1180. The van der Waals surface area contributed by atoms with Gasteiger partial charge >= 0.3 is 0 Å². The zero-order valence-electron chi connectivity index (χ0n) is 18.1. The van der Waals surface area contributed by atoms with Gasteiger partial charge in [-0.3, -0.25) is 19.5 Å². The number of carbonyl (C=O) groups is 3. The first kappa shape index (κ1) is 22.0. The maximum Gasteiger partial charge on any atom is 0.291 e. The Balaban J connectivity index is 1.43. The van der Waals surface area contributed by atoms with Crippen LogP contribution in [0.5, 0.6) is 5.75 Å². The van der Waals surface area contributed by atoms with Crippen molar-refractivity contribution in [3.63, 3.8) is 0 Å². The number of hydrogen-bond donors (Lipinski definition) is 3. The molecule has 4 N–H and O–H groups in total. The van der Waals surface area contributed by atoms with Crippen molar-refractivity contribution in [1.82, 2.24) is 20.5 Å². The molecule has 1 atom stereocenters. The number of rotatable bonds is 7. The van der Waals surface area contributed by atoms with Crippen LogP contribution in [0, 0.1) is 0 Å². The fourth-order valence-electron chi connectivity index (χ4n) is 3.56. The molecule has 33 heavy (non-hydrogen) atoms. The fourth-order valence-corrected chi connectivity index (χ4v) is 3.56. The predicted molar refractivity (Wildman–Crippen MR) is 120 cm³/mol. The Labute approximate surface area is 190 Å². The highest BCUT2D eigenvalue weighted by atomic mass is 16.5. The van der Waals surface area contributed by atoms with E-state index in [9.17, 15) is 14.4 Å². The average Bonchev–Trinajstić information content (AvgIpc) is 3.24. The zero-order valence-corrected chi connectivity index (χ0v) is 18.1. The van der Waals surface area contributed by atoms with Gasteiger partial charge in [-0.15, -0.1) is 5.10 Å². The van der Waals surface area contributed by atoms with Crippen molar-refractivity contribution in [3.05, 3.63) is 71.3 Å². The average molecular weight is 448 g/mol. The van der Waals surface area contributed by atoms with Gasteiger partial charge in [-0.1, -0.05) is 36.4 Å². The van der Waals surface area contributed by atoms with Gasteiger partial charge in [0.25, 0.3) is 11.8 Å². The summed E-state index contributed by atoms with van der Waals surface area (Å²) in [6.07, 6.45) is 1.17. The number of aryl methyl sites for hydroxylation is 1. The van der Waals surface area contributed by atoms with Crippen molar-refractivity contribution in [2.75, 3.05) is 18.6 Å². The third-order valence-corrected chi connectivity index (χ3v) is 5.33. The van der Waals surface area contributed by atoms with Gasteiger partial charge in [0.15, 0.2) is 0 Å². The van der Waals surface area contributed by atoms with Gasteiger partial charge in [-0.05, 0) is 29.7 Å². The molecule has 0 saturated carbocycles. The minimum Gasteiger partial charge on any atom is -0.489 e. The van der Waals surface area contributed by atoms with Crippen LogP contribution in [0.4, 0.5) is 5.69 Å². The largest absolute Gasteiger partial charge is 0.489 e. The van der Waals surface area contributed by atoms with Gasteiger partial charge in [0, 0.05) is 19.9 Å². The molecule has 0 saturated heterocycles. The summed E-state index contributed by atoms with van der Waals surface area (Å²) in [5, 5.41) is 9.40. The molecule has 1 aromatic heterocycles. The highest BCUT2D eigenvalue weighted by molar-refractivity contribution is 6.02. The molecule has 3 amide bonds. The van der Waals surface area contributed by atoms with Crippen molar-refractivity contribution in [2.24, 2.45) is 5.73 Å². The van der Waals surface area contributed by atoms with Crippen molar-refractivity contribution >= 4 is 23.4 Å². The number of nitrogens with one attached hydrogen (secondary N) is 2. The summed E-state index contributed by atoms with van der Waals surface area (Å²) in [5.74, 6) is -0.307. The van der Waals surface area contributed by atoms with Crippen LogP contribution in [-0.2, 0) is 22.4 Å². The number of aromatic nitrogens is 3. The highest BCUT2D eigenvalue weighted by Crippen LogP contribution is 2.32. The number of primary amides is 1. The van der Waals surface area contributed by atoms with E-state index >= 15 is 0 Å². The normalized spacial score (nSPS) is 15.4. The molecule has 0 aliphatic carbocycles. The molecule has 2 heterocycles. The summed E-state index contributed by atoms with van der Waals surface area (Å²) in [6.45, 7) is -0.0379. The van der Waals surface area contributed by atoms with Crippen molar-refractivity contribution in [2.45, 2.75) is 25.3 Å². The minimum atomic E-state index is -0.917. The Morgan fingerprint density at radius 2 is 2.00 bits per heavy atom. The Morgan fingerprint density at radius 3 is 2.76 bits per heavy atom. The van der Waals surface area contributed by atoms with Gasteiger partial charge in [0.05, 0.1) is 5.69 Å². The number of fused-ring (bicyclic) bond motifs is 1. The molecule has 1 unspecified atom stereocenters. The van der Waals surface area contributed by atoms with E-state index in [1.54, 1.807) is 19.2 Å². The first-order valence-corrected chi connectivity index (χ1v) is 10.5. The van der Waals surface area contributed by atoms with E-state index in [1.807, 2.05) is 36.4 Å². The quantitative estimate of drug-likeness (QED) is 0.491. The van der Waals surface area contributed by atoms with Gasteiger partial charge in [-0.2, -0.15) is 0 Å². The number of nitrogens with two attached hydrogens (primary N) is 1. The SMILES string of the molecule is CN1C(=O)C(NC(=O)c2n[nH]c(Cc3ccccc3)n2)COc2ccc(CCC(N)=O)cc21. The first-order valence-electron chi connectivity index (χ1n) is 10.5. The van der Waals surface area contributed by atoms with Gasteiger partial charge in [0.1, 0.15) is 24.2 Å². The van der Waals surface area contributed by atoms with Crippen LogP contribution in [0.25, 0.3) is 0 Å². The van der Waals surface area contributed by atoms with Crippen molar-refractivity contribution in [3.8, 4) is 5.75 Å². The van der Waals surface area contributed by atoms with Gasteiger partial charge < -0.3 is 20.7 Å². The van der Waals surface area contributed by atoms with E-state index in [0.717, 1.165) is 11.1 Å². The third kappa shape index (κ3) is 5.17. The number of ether oxygens (including phenoxy) is 1. The maximum absolute atomic E-state index is 13.0. The van der Waals surface area contributed by atoms with E-state index in [-0.39, 0.29) is 24.8 Å². The molecule has 10 heteroatoms. The van der Waals surface area contributed by atoms with Crippen LogP contribution in [0.15, 0.2) is 48.5 Å². The molecule has 0 fully saturated rings. The summed E-state index contributed by atoms with van der Waals surface area (Å²) in [5.41, 5.74) is 7.66. The standard InChI is InChI=1S/C23H24N6O4/c1-29-17-11-15(8-10-19(24)30)7-9-18(17)33-13-16(23(29)32)25-22(31)21-26-20(27-28-21)12-14-5-3-2-4-6-14/h2-7,9,11,16H,8,10,12-13H2,1H3,(H2,24,30)(H,25,31)(H,26,27,28). The molecule has 170 valence electrons. The summed E-state index contributed by atoms with van der Waals surface area (Å²) in [7, 11) is 1.61. The lowest BCUT2D eigenvalue weighted by atomic mass is 10.1. The fraction of sp³-hybridized carbons (Fsp3) is 0.261. The molecule has 2 aromatic carbocycles. The monoisotopic (exact) mass is 448 g/mol. The van der Waals surface area contributed by atoms with Crippen LogP contribution in [0.3, 0.4) is 0 Å². The molecule has 0 radical (unpaired) electrons. The number of anilines is 1. The Kier molecular flexibility index (Phi) is 6.34. The highest BCUT2D eigenvalue weighted by Gasteiger charge is 2.31. The molecule has 10 nitrogen and oxygen atoms in total. The van der Waals surface area contributed by atoms with Gasteiger partial charge in [-0.25, -0.2) is 4.98 Å². The topological polar surface area (TPSA) is 143 Å². The molecular weight excluding hydrogens is 424 g/mol. The number of benzene rings is 2. The van der Waals surface area contributed by atoms with Crippen LogP contribution in [-0.4, -0.2) is 52.6 Å². The Morgan fingerprint density at radius 1 is 1.21 bits per heavy atom. The number of amides is 3. The van der Waals surface area contributed by atoms with E-state index in [2.05, 4.69) is 20.5 Å². The predicted octanol–water partition coefficient (Wildman–Crippen LogP) is 0.967. The summed E-state index contributed by atoms with van der Waals surface area (Å²) in [4.78, 5) is 42.4. The van der Waals surface area contributed by atoms with Crippen LogP contribution >= 0.6 is 0 Å². The third-order valence-electron chi connectivity index (χ3n) is 5.33.